The molecule has 1 aromatic rings. The van der Waals surface area contributed by atoms with Crippen molar-refractivity contribution >= 4 is 29.4 Å². The quantitative estimate of drug-likeness (QED) is 0.514. The summed E-state index contributed by atoms with van der Waals surface area (Å²) in [5, 5.41) is 2.31. The van der Waals surface area contributed by atoms with Crippen molar-refractivity contribution in [1.82, 2.24) is 10.2 Å². The Morgan fingerprint density at radius 2 is 1.63 bits per heavy atom. The van der Waals surface area contributed by atoms with E-state index >= 15 is 0 Å². The fraction of sp³-hybridized carbons (Fsp3) is 0.444. The average Bonchev–Trinajstić information content (AvgIpc) is 2.88. The number of benzene rings is 1. The minimum atomic E-state index is -1.05. The molecule has 0 aromatic heterocycles. The zero-order valence-corrected chi connectivity index (χ0v) is 15.6. The van der Waals surface area contributed by atoms with Crippen LogP contribution in [-0.4, -0.2) is 55.5 Å². The first-order chi connectivity index (χ1) is 12.9. The fourth-order valence-corrected chi connectivity index (χ4v) is 2.39. The highest BCUT2D eigenvalue weighted by atomic mass is 16.5. The second kappa shape index (κ2) is 9.02. The first-order valence-corrected chi connectivity index (χ1v) is 8.74. The first-order valence-electron chi connectivity index (χ1n) is 8.74. The number of likely N-dealkylation sites (N-methyl/N-ethyl adjacent to an activating group) is 1. The van der Waals surface area contributed by atoms with Crippen LogP contribution >= 0.6 is 0 Å². The zero-order valence-electron chi connectivity index (χ0n) is 15.6. The zero-order chi connectivity index (χ0) is 20.0. The first kappa shape index (κ1) is 20.2. The predicted octanol–water partition coefficient (Wildman–Crippen LogP) is 1.31. The van der Waals surface area contributed by atoms with E-state index in [4.69, 9.17) is 9.47 Å². The third-order valence-electron chi connectivity index (χ3n) is 3.74. The normalized spacial score (nSPS) is 14.0. The van der Waals surface area contributed by atoms with Gasteiger partial charge in [-0.05, 0) is 25.0 Å². The molecule has 0 atom stereocenters. The molecule has 9 nitrogen and oxygen atoms in total. The summed E-state index contributed by atoms with van der Waals surface area (Å²) < 4.78 is 11.3. The third kappa shape index (κ3) is 4.36. The number of anilines is 1. The maximum absolute atomic E-state index is 12.5. The second-order valence-corrected chi connectivity index (χ2v) is 5.82. The fourth-order valence-electron chi connectivity index (χ4n) is 2.39. The summed E-state index contributed by atoms with van der Waals surface area (Å²) in [6.07, 6.45) is 1.57. The van der Waals surface area contributed by atoms with Gasteiger partial charge in [0.15, 0.2) is 11.5 Å². The number of carbonyl (C=O) groups is 4. The molecule has 0 saturated carbocycles. The molecule has 146 valence electrons. The minimum absolute atomic E-state index is 0.174. The lowest BCUT2D eigenvalue weighted by atomic mass is 10.2. The molecule has 5 amide bonds. The summed E-state index contributed by atoms with van der Waals surface area (Å²) in [4.78, 5) is 49.7. The molecule has 1 heterocycles. The van der Waals surface area contributed by atoms with E-state index in [0.717, 1.165) is 17.7 Å². The predicted molar refractivity (Wildman–Crippen MR) is 96.7 cm³/mol. The van der Waals surface area contributed by atoms with E-state index in [1.54, 1.807) is 6.07 Å². The molecular weight excluding hydrogens is 354 g/mol. The summed E-state index contributed by atoms with van der Waals surface area (Å²) >= 11 is 0. The Hall–Kier alpha value is -3.10. The molecule has 1 aliphatic heterocycles. The maximum Gasteiger partial charge on any atom is 0.339 e. The van der Waals surface area contributed by atoms with Crippen molar-refractivity contribution in [2.45, 2.75) is 26.7 Å². The van der Waals surface area contributed by atoms with Gasteiger partial charge in [0, 0.05) is 13.1 Å². The van der Waals surface area contributed by atoms with Crippen LogP contribution in [0.1, 0.15) is 26.7 Å². The van der Waals surface area contributed by atoms with Crippen LogP contribution in [-0.2, 0) is 14.4 Å². The Labute approximate surface area is 157 Å². The van der Waals surface area contributed by atoms with Gasteiger partial charge < -0.3 is 14.8 Å². The molecule has 0 spiro atoms. The molecule has 0 radical (unpaired) electrons. The van der Waals surface area contributed by atoms with Crippen molar-refractivity contribution in [3.05, 3.63) is 18.2 Å². The monoisotopic (exact) mass is 377 g/mol. The standard InChI is InChI=1S/C18H23N3O6/c1-4-8-26-13-7-6-12(10-14(13)27-9-5-2)21-17(24)16(23)20(18(21)25)11-15(22)19-3/h6-7,10H,4-5,8-9,11H2,1-3H3,(H,19,22). The lowest BCUT2D eigenvalue weighted by molar-refractivity contribution is -0.140. The van der Waals surface area contributed by atoms with Gasteiger partial charge in [-0.15, -0.1) is 0 Å². The van der Waals surface area contributed by atoms with Gasteiger partial charge in [-0.1, -0.05) is 13.8 Å². The van der Waals surface area contributed by atoms with Gasteiger partial charge >= 0.3 is 17.8 Å². The number of carbonyl (C=O) groups excluding carboxylic acids is 4. The van der Waals surface area contributed by atoms with E-state index < -0.39 is 30.3 Å². The highest BCUT2D eigenvalue weighted by Gasteiger charge is 2.46. The van der Waals surface area contributed by atoms with Gasteiger partial charge in [-0.25, -0.2) is 14.6 Å². The summed E-state index contributed by atoms with van der Waals surface area (Å²) in [7, 11) is 1.37. The molecule has 27 heavy (non-hydrogen) atoms. The maximum atomic E-state index is 12.5. The van der Waals surface area contributed by atoms with Crippen molar-refractivity contribution in [2.24, 2.45) is 0 Å². The molecule has 1 aliphatic rings. The van der Waals surface area contributed by atoms with Gasteiger partial charge in [0.05, 0.1) is 18.9 Å². The third-order valence-corrected chi connectivity index (χ3v) is 3.74. The van der Waals surface area contributed by atoms with Crippen LogP contribution in [0.15, 0.2) is 18.2 Å². The molecule has 0 bridgehead atoms. The van der Waals surface area contributed by atoms with Gasteiger partial charge in [0.1, 0.15) is 6.54 Å². The van der Waals surface area contributed by atoms with Crippen molar-refractivity contribution < 1.29 is 28.7 Å². The molecule has 1 aromatic carbocycles. The lowest BCUT2D eigenvalue weighted by Gasteiger charge is -2.18. The van der Waals surface area contributed by atoms with Crippen LogP contribution in [0.4, 0.5) is 10.5 Å². The Kier molecular flexibility index (Phi) is 6.75. The number of urea groups is 1. The molecule has 1 fully saturated rings. The van der Waals surface area contributed by atoms with Crippen LogP contribution in [0.5, 0.6) is 11.5 Å². The Morgan fingerprint density at radius 3 is 2.22 bits per heavy atom. The number of ether oxygens (including phenoxy) is 2. The molecular formula is C18H23N3O6. The second-order valence-electron chi connectivity index (χ2n) is 5.82. The largest absolute Gasteiger partial charge is 0.490 e. The van der Waals surface area contributed by atoms with E-state index in [0.29, 0.717) is 29.6 Å². The molecule has 2 rings (SSSR count). The van der Waals surface area contributed by atoms with Crippen LogP contribution in [0.3, 0.4) is 0 Å². The van der Waals surface area contributed by atoms with Crippen LogP contribution in [0, 0.1) is 0 Å². The smallest absolute Gasteiger partial charge is 0.339 e. The number of imide groups is 2. The van der Waals surface area contributed by atoms with Crippen molar-refractivity contribution in [2.75, 3.05) is 31.7 Å². The summed E-state index contributed by atoms with van der Waals surface area (Å²) in [6, 6.07) is 3.68. The number of hydrogen-bond acceptors (Lipinski definition) is 6. The van der Waals surface area contributed by atoms with E-state index in [1.807, 2.05) is 13.8 Å². The Balaban J connectivity index is 2.32. The molecule has 1 N–H and O–H groups in total. The number of nitrogens with zero attached hydrogens (tertiary/aromatic N) is 2. The van der Waals surface area contributed by atoms with Crippen molar-refractivity contribution in [3.63, 3.8) is 0 Å². The summed E-state index contributed by atoms with van der Waals surface area (Å²) in [6.45, 7) is 4.30. The topological polar surface area (TPSA) is 105 Å². The minimum Gasteiger partial charge on any atom is -0.490 e. The van der Waals surface area contributed by atoms with Gasteiger partial charge in [-0.3, -0.25) is 14.4 Å². The van der Waals surface area contributed by atoms with Crippen LogP contribution in [0.25, 0.3) is 0 Å². The summed E-state index contributed by atoms with van der Waals surface area (Å²) in [5.41, 5.74) is 0.174. The molecule has 9 heteroatoms. The summed E-state index contributed by atoms with van der Waals surface area (Å²) in [5.74, 6) is -1.76. The van der Waals surface area contributed by atoms with Crippen LogP contribution in [0.2, 0.25) is 0 Å². The Bertz CT molecular complexity index is 749. The van der Waals surface area contributed by atoms with Crippen molar-refractivity contribution in [3.8, 4) is 11.5 Å². The van der Waals surface area contributed by atoms with Crippen molar-refractivity contribution in [1.29, 1.82) is 0 Å². The molecule has 0 unspecified atom stereocenters. The number of amides is 5. The molecule has 0 aliphatic carbocycles. The van der Waals surface area contributed by atoms with Crippen LogP contribution < -0.4 is 19.7 Å². The van der Waals surface area contributed by atoms with E-state index in [9.17, 15) is 19.2 Å². The van der Waals surface area contributed by atoms with Gasteiger partial charge in [-0.2, -0.15) is 0 Å². The number of hydrogen-bond donors (Lipinski definition) is 1. The lowest BCUT2D eigenvalue weighted by Crippen LogP contribution is -2.40. The van der Waals surface area contributed by atoms with E-state index in [1.165, 1.54) is 19.2 Å². The average molecular weight is 377 g/mol. The number of rotatable bonds is 9. The van der Waals surface area contributed by atoms with Gasteiger partial charge in [0.25, 0.3) is 0 Å². The van der Waals surface area contributed by atoms with E-state index in [2.05, 4.69) is 5.32 Å². The highest BCUT2D eigenvalue weighted by Crippen LogP contribution is 2.34. The van der Waals surface area contributed by atoms with E-state index in [-0.39, 0.29) is 5.69 Å². The number of nitrogens with one attached hydrogen (secondary N) is 1. The van der Waals surface area contributed by atoms with Gasteiger partial charge in [0.2, 0.25) is 5.91 Å². The Morgan fingerprint density at radius 1 is 1.00 bits per heavy atom. The SMILES string of the molecule is CCCOc1ccc(N2C(=O)C(=O)N(CC(=O)NC)C2=O)cc1OCCC. The highest BCUT2D eigenvalue weighted by molar-refractivity contribution is 6.53. The molecule has 1 saturated heterocycles.